The molecule has 0 bridgehead atoms. The van der Waals surface area contributed by atoms with E-state index in [9.17, 15) is 9.36 Å². The van der Waals surface area contributed by atoms with Crippen molar-refractivity contribution < 1.29 is 33.5 Å². The minimum Gasteiger partial charge on any atom is -0.479 e. The van der Waals surface area contributed by atoms with E-state index in [2.05, 4.69) is 37.4 Å². The van der Waals surface area contributed by atoms with Gasteiger partial charge < -0.3 is 19.6 Å². The van der Waals surface area contributed by atoms with E-state index in [1.165, 1.54) is 11.1 Å². The largest absolute Gasteiger partial charge is 0.479 e. The number of allylic oxidation sites excluding steroid dienone is 5. The molecular formula is C18H31O7P. The number of carboxylic acids is 1. The van der Waals surface area contributed by atoms with Gasteiger partial charge in [0.2, 0.25) is 0 Å². The first kappa shape index (κ1) is 24.8. The Morgan fingerprint density at radius 1 is 1.00 bits per heavy atom. The van der Waals surface area contributed by atoms with Gasteiger partial charge in [0.05, 0.1) is 13.2 Å². The fraction of sp³-hybridized carbons (Fsp3) is 0.611. The summed E-state index contributed by atoms with van der Waals surface area (Å²) in [7, 11) is -4.72. The highest BCUT2D eigenvalue weighted by Gasteiger charge is 2.23. The number of phosphoric ester groups is 1. The molecule has 8 heteroatoms. The second-order valence-electron chi connectivity index (χ2n) is 6.41. The van der Waals surface area contributed by atoms with E-state index >= 15 is 0 Å². The van der Waals surface area contributed by atoms with Crippen molar-refractivity contribution in [2.45, 2.75) is 59.5 Å². The molecule has 0 aromatic heterocycles. The molecule has 26 heavy (non-hydrogen) atoms. The van der Waals surface area contributed by atoms with Crippen molar-refractivity contribution in [1.82, 2.24) is 0 Å². The highest BCUT2D eigenvalue weighted by molar-refractivity contribution is 7.46. The van der Waals surface area contributed by atoms with Crippen molar-refractivity contribution in [3.63, 3.8) is 0 Å². The van der Waals surface area contributed by atoms with E-state index < -0.39 is 26.5 Å². The van der Waals surface area contributed by atoms with Crippen molar-refractivity contribution in [3.05, 3.63) is 34.9 Å². The van der Waals surface area contributed by atoms with Gasteiger partial charge in [-0.2, -0.15) is 0 Å². The topological polar surface area (TPSA) is 113 Å². The molecule has 0 fully saturated rings. The Labute approximate surface area is 155 Å². The lowest BCUT2D eigenvalue weighted by Gasteiger charge is -2.13. The number of carbonyl (C=O) groups is 1. The summed E-state index contributed by atoms with van der Waals surface area (Å²) in [5.74, 6) is -1.33. The normalized spacial score (nSPS) is 14.2. The Morgan fingerprint density at radius 2 is 1.54 bits per heavy atom. The van der Waals surface area contributed by atoms with Gasteiger partial charge in [-0.3, -0.25) is 4.52 Å². The Balaban J connectivity index is 4.24. The number of hydrogen-bond donors (Lipinski definition) is 3. The zero-order valence-electron chi connectivity index (χ0n) is 16.0. The fourth-order valence-electron chi connectivity index (χ4n) is 2.00. The van der Waals surface area contributed by atoms with Crippen LogP contribution in [0.3, 0.4) is 0 Å². The Hall–Kier alpha value is -1.24. The maximum atomic E-state index is 11.0. The minimum absolute atomic E-state index is 0.0383. The van der Waals surface area contributed by atoms with Crippen LogP contribution in [0.25, 0.3) is 0 Å². The third kappa shape index (κ3) is 15.0. The van der Waals surface area contributed by atoms with Crippen molar-refractivity contribution in [2.24, 2.45) is 0 Å². The molecule has 150 valence electrons. The van der Waals surface area contributed by atoms with Gasteiger partial charge in [-0.05, 0) is 53.4 Å². The van der Waals surface area contributed by atoms with E-state index in [0.29, 0.717) is 0 Å². The van der Waals surface area contributed by atoms with E-state index in [0.717, 1.165) is 31.3 Å². The third-order valence-corrected chi connectivity index (χ3v) is 4.01. The van der Waals surface area contributed by atoms with Crippen molar-refractivity contribution in [2.75, 3.05) is 13.2 Å². The number of aliphatic carboxylic acids is 1. The summed E-state index contributed by atoms with van der Waals surface area (Å²) in [5, 5.41) is 8.95. The smallest absolute Gasteiger partial charge is 0.469 e. The molecule has 3 N–H and O–H groups in total. The lowest BCUT2D eigenvalue weighted by Crippen LogP contribution is -2.29. The lowest BCUT2D eigenvalue weighted by molar-refractivity contribution is -0.151. The predicted octanol–water partition coefficient (Wildman–Crippen LogP) is 3.98. The number of carboxylic acid groups (broad SMARTS) is 1. The van der Waals surface area contributed by atoms with Crippen LogP contribution >= 0.6 is 7.82 Å². The maximum absolute atomic E-state index is 11.0. The molecule has 0 amide bonds. The van der Waals surface area contributed by atoms with E-state index in [1.807, 2.05) is 6.92 Å². The van der Waals surface area contributed by atoms with Gasteiger partial charge in [-0.1, -0.05) is 34.9 Å². The summed E-state index contributed by atoms with van der Waals surface area (Å²) in [4.78, 5) is 28.2. The highest BCUT2D eigenvalue weighted by atomic mass is 31.2. The van der Waals surface area contributed by atoms with Crippen LogP contribution in [0, 0.1) is 0 Å². The number of hydrogen-bond acceptors (Lipinski definition) is 4. The molecule has 0 aromatic rings. The van der Waals surface area contributed by atoms with Gasteiger partial charge in [-0.15, -0.1) is 0 Å². The van der Waals surface area contributed by atoms with E-state index in [1.54, 1.807) is 6.08 Å². The lowest BCUT2D eigenvalue weighted by atomic mass is 10.1. The fourth-order valence-corrected chi connectivity index (χ4v) is 2.33. The SMILES string of the molecule is CC(C)=CCC/C(C)=C/CC/C(C)=C\CO[C@H](COP(=O)(O)O)C(=O)O. The molecule has 0 unspecified atom stereocenters. The van der Waals surface area contributed by atoms with Crippen LogP contribution in [0.2, 0.25) is 0 Å². The van der Waals surface area contributed by atoms with Crippen LogP contribution in [0.5, 0.6) is 0 Å². The average molecular weight is 390 g/mol. The second-order valence-corrected chi connectivity index (χ2v) is 7.65. The standard InChI is InChI=1S/C18H31O7P/c1-14(2)7-5-8-15(3)9-6-10-16(4)11-12-24-17(18(19)20)13-25-26(21,22)23/h7,9,11,17H,5-6,8,10,12-13H2,1-4H3,(H,19,20)(H2,21,22,23)/b15-9+,16-11-/t17-/m1/s1. The molecule has 0 aliphatic rings. The van der Waals surface area contributed by atoms with Crippen molar-refractivity contribution in [1.29, 1.82) is 0 Å². The molecule has 0 aromatic carbocycles. The van der Waals surface area contributed by atoms with Gasteiger partial charge in [0.15, 0.2) is 6.10 Å². The molecule has 0 saturated carbocycles. The quantitative estimate of drug-likeness (QED) is 0.322. The first-order chi connectivity index (χ1) is 12.0. The van der Waals surface area contributed by atoms with E-state index in [4.69, 9.17) is 19.6 Å². The molecule has 0 aliphatic carbocycles. The highest BCUT2D eigenvalue weighted by Crippen LogP contribution is 2.35. The molecule has 0 radical (unpaired) electrons. The van der Waals surface area contributed by atoms with Gasteiger partial charge in [0, 0.05) is 0 Å². The number of phosphoric acid groups is 1. The van der Waals surface area contributed by atoms with Crippen LogP contribution in [-0.2, 0) is 18.6 Å². The summed E-state index contributed by atoms with van der Waals surface area (Å²) < 4.78 is 19.9. The minimum atomic E-state index is -4.72. The molecule has 7 nitrogen and oxygen atoms in total. The van der Waals surface area contributed by atoms with Crippen LogP contribution in [0.15, 0.2) is 34.9 Å². The molecule has 0 spiro atoms. The van der Waals surface area contributed by atoms with Crippen LogP contribution in [-0.4, -0.2) is 40.2 Å². The van der Waals surface area contributed by atoms with Crippen molar-refractivity contribution >= 4 is 13.8 Å². The molecule has 0 saturated heterocycles. The summed E-state index contributed by atoms with van der Waals surface area (Å²) >= 11 is 0. The second kappa shape index (κ2) is 13.0. The average Bonchev–Trinajstić information content (AvgIpc) is 2.48. The zero-order valence-corrected chi connectivity index (χ0v) is 16.9. The zero-order chi connectivity index (χ0) is 20.2. The van der Waals surface area contributed by atoms with Crippen LogP contribution < -0.4 is 0 Å². The first-order valence-corrected chi connectivity index (χ1v) is 10.0. The Morgan fingerprint density at radius 3 is 2.04 bits per heavy atom. The van der Waals surface area contributed by atoms with Crippen LogP contribution in [0.4, 0.5) is 0 Å². The number of ether oxygens (including phenoxy) is 1. The number of rotatable bonds is 13. The Kier molecular flexibility index (Phi) is 12.4. The van der Waals surface area contributed by atoms with E-state index in [-0.39, 0.29) is 6.61 Å². The van der Waals surface area contributed by atoms with Gasteiger partial charge >= 0.3 is 13.8 Å². The van der Waals surface area contributed by atoms with Gasteiger partial charge in [-0.25, -0.2) is 9.36 Å². The summed E-state index contributed by atoms with van der Waals surface area (Å²) in [6, 6.07) is 0. The first-order valence-electron chi connectivity index (χ1n) is 8.50. The van der Waals surface area contributed by atoms with Gasteiger partial charge in [0.25, 0.3) is 0 Å². The third-order valence-electron chi connectivity index (χ3n) is 3.52. The summed E-state index contributed by atoms with van der Waals surface area (Å²) in [5.41, 5.74) is 3.72. The van der Waals surface area contributed by atoms with Crippen LogP contribution in [0.1, 0.15) is 53.4 Å². The predicted molar refractivity (Wildman–Crippen MR) is 101 cm³/mol. The summed E-state index contributed by atoms with van der Waals surface area (Å²) in [6.45, 7) is 7.54. The molecular weight excluding hydrogens is 359 g/mol. The Bertz CT molecular complexity index is 568. The van der Waals surface area contributed by atoms with Gasteiger partial charge in [0.1, 0.15) is 0 Å². The molecule has 0 rings (SSSR count). The molecule has 1 atom stereocenters. The molecule has 0 heterocycles. The maximum Gasteiger partial charge on any atom is 0.469 e. The monoisotopic (exact) mass is 390 g/mol. The summed E-state index contributed by atoms with van der Waals surface area (Å²) in [6.07, 6.45) is 8.56. The molecule has 0 aliphatic heterocycles. The van der Waals surface area contributed by atoms with Crippen molar-refractivity contribution in [3.8, 4) is 0 Å².